The number of benzene rings is 3. The van der Waals surface area contributed by atoms with Crippen LogP contribution in [0.3, 0.4) is 0 Å². The maximum Gasteiger partial charge on any atom is 0.243 e. The summed E-state index contributed by atoms with van der Waals surface area (Å²) in [6.07, 6.45) is 5.28. The van der Waals surface area contributed by atoms with Crippen LogP contribution in [0.15, 0.2) is 90.3 Å². The molecule has 11 heteroatoms. The number of hydroxylamine groups is 1. The summed E-state index contributed by atoms with van der Waals surface area (Å²) in [5.41, 5.74) is 7.48. The highest BCUT2D eigenvalue weighted by molar-refractivity contribution is 7.99. The van der Waals surface area contributed by atoms with Crippen molar-refractivity contribution in [3.8, 4) is 11.1 Å². The maximum absolute atomic E-state index is 12.3. The van der Waals surface area contributed by atoms with Gasteiger partial charge in [0, 0.05) is 56.6 Å². The van der Waals surface area contributed by atoms with Gasteiger partial charge in [-0.1, -0.05) is 78.5 Å². The summed E-state index contributed by atoms with van der Waals surface area (Å²) in [5, 5.41) is 21.9. The summed E-state index contributed by atoms with van der Waals surface area (Å²) < 4.78 is 15.0. The van der Waals surface area contributed by atoms with E-state index in [0.29, 0.717) is 32.2 Å². The van der Waals surface area contributed by atoms with Gasteiger partial charge in [-0.05, 0) is 46.7 Å². The second kappa shape index (κ2) is 16.5. The minimum Gasteiger partial charge on any atom is -0.392 e. The average Bonchev–Trinajstić information content (AvgIpc) is 3.52. The highest BCUT2D eigenvalue weighted by Crippen LogP contribution is 2.39. The lowest BCUT2D eigenvalue weighted by atomic mass is 9.99. The number of nitrogens with zero attached hydrogens (tertiary/aromatic N) is 2. The molecule has 0 unspecified atom stereocenters. The number of hydrogen-bond donors (Lipinski definition) is 4. The highest BCUT2D eigenvalue weighted by atomic mass is 32.2. The lowest BCUT2D eigenvalue weighted by Crippen LogP contribution is -2.31. The van der Waals surface area contributed by atoms with Crippen LogP contribution in [0, 0.1) is 0 Å². The average molecular weight is 645 g/mol. The fourth-order valence-corrected chi connectivity index (χ4v) is 6.24. The molecule has 2 heterocycles. The number of aliphatic hydroxyl groups is 1. The number of imidazole rings is 1. The SMILES string of the molecule is Cn1ccnc1SC[C@@H]1C[C@H](c2ccc(CO)cc2)O[C@H](c2ccc(-c3cccc(CNC(=O)CCCCC(=O)NO)c3)cc2)O1. The van der Waals surface area contributed by atoms with E-state index in [9.17, 15) is 14.7 Å². The number of aryl methyl sites for hydroxylation is 1. The van der Waals surface area contributed by atoms with Crippen LogP contribution >= 0.6 is 11.8 Å². The number of nitrogens with one attached hydrogen (secondary N) is 2. The van der Waals surface area contributed by atoms with Gasteiger partial charge in [0.25, 0.3) is 0 Å². The minimum absolute atomic E-state index is 0.000583. The number of aliphatic hydroxyl groups excluding tert-OH is 1. The summed E-state index contributed by atoms with van der Waals surface area (Å²) in [4.78, 5) is 27.8. The van der Waals surface area contributed by atoms with Crippen molar-refractivity contribution in [2.75, 3.05) is 5.75 Å². The molecule has 4 aromatic rings. The molecule has 5 rings (SSSR count). The fourth-order valence-electron chi connectivity index (χ4n) is 5.29. The Morgan fingerprint density at radius 1 is 0.935 bits per heavy atom. The van der Waals surface area contributed by atoms with E-state index in [1.807, 2.05) is 72.4 Å². The van der Waals surface area contributed by atoms with Crippen LogP contribution in [0.1, 0.15) is 66.8 Å². The summed E-state index contributed by atoms with van der Waals surface area (Å²) in [6, 6.07) is 24.1. The molecule has 0 spiro atoms. The molecule has 0 saturated carbocycles. The van der Waals surface area contributed by atoms with Gasteiger partial charge < -0.3 is 24.5 Å². The molecule has 3 atom stereocenters. The van der Waals surface area contributed by atoms with Gasteiger partial charge in [0.15, 0.2) is 11.4 Å². The number of amides is 2. The Kier molecular flexibility index (Phi) is 12.0. The monoisotopic (exact) mass is 644 g/mol. The first-order valence-corrected chi connectivity index (χ1v) is 16.4. The van der Waals surface area contributed by atoms with E-state index in [4.69, 9.17) is 14.7 Å². The molecule has 0 aliphatic carbocycles. The zero-order valence-corrected chi connectivity index (χ0v) is 26.6. The molecule has 1 aliphatic rings. The zero-order valence-electron chi connectivity index (χ0n) is 25.8. The summed E-state index contributed by atoms with van der Waals surface area (Å²) in [5.74, 6) is 0.210. The van der Waals surface area contributed by atoms with Crippen LogP contribution in [0.4, 0.5) is 0 Å². The quantitative estimate of drug-likeness (QED) is 0.0603. The number of hydrogen-bond acceptors (Lipinski definition) is 8. The molecule has 242 valence electrons. The van der Waals surface area contributed by atoms with Crippen LogP contribution in [0.5, 0.6) is 0 Å². The minimum atomic E-state index is -0.545. The van der Waals surface area contributed by atoms with E-state index >= 15 is 0 Å². The normalized spacial score (nSPS) is 17.8. The molecule has 4 N–H and O–H groups in total. The van der Waals surface area contributed by atoms with Gasteiger partial charge in [0.05, 0.1) is 18.8 Å². The van der Waals surface area contributed by atoms with Gasteiger partial charge in [-0.2, -0.15) is 0 Å². The molecule has 1 aliphatic heterocycles. The Bertz CT molecular complexity index is 1580. The molecule has 3 aromatic carbocycles. The molecule has 46 heavy (non-hydrogen) atoms. The first kappa shape index (κ1) is 33.4. The van der Waals surface area contributed by atoms with E-state index in [2.05, 4.69) is 28.5 Å². The first-order valence-electron chi connectivity index (χ1n) is 15.4. The van der Waals surface area contributed by atoms with Gasteiger partial charge in [0.2, 0.25) is 11.8 Å². The van der Waals surface area contributed by atoms with Crippen molar-refractivity contribution in [2.24, 2.45) is 7.05 Å². The van der Waals surface area contributed by atoms with Crippen molar-refractivity contribution < 1.29 is 29.4 Å². The molecule has 0 radical (unpaired) electrons. The summed E-state index contributed by atoms with van der Waals surface area (Å²) in [7, 11) is 1.98. The Morgan fingerprint density at radius 2 is 1.67 bits per heavy atom. The molecule has 1 saturated heterocycles. The first-order chi connectivity index (χ1) is 22.4. The van der Waals surface area contributed by atoms with Crippen molar-refractivity contribution in [3.63, 3.8) is 0 Å². The molecule has 10 nitrogen and oxygen atoms in total. The smallest absolute Gasteiger partial charge is 0.243 e. The molecular formula is C35H40N4O6S. The van der Waals surface area contributed by atoms with Gasteiger partial charge in [-0.25, -0.2) is 10.5 Å². The van der Waals surface area contributed by atoms with E-state index < -0.39 is 12.2 Å². The van der Waals surface area contributed by atoms with Crippen molar-refractivity contribution in [1.82, 2.24) is 20.3 Å². The van der Waals surface area contributed by atoms with Crippen LogP contribution < -0.4 is 10.8 Å². The molecular weight excluding hydrogens is 604 g/mol. The van der Waals surface area contributed by atoms with Crippen LogP contribution in [-0.4, -0.2) is 43.5 Å². The molecule has 1 aromatic heterocycles. The summed E-state index contributed by atoms with van der Waals surface area (Å²) >= 11 is 1.66. The van der Waals surface area contributed by atoms with Crippen LogP contribution in [-0.2, 0) is 39.3 Å². The van der Waals surface area contributed by atoms with E-state index in [1.165, 1.54) is 0 Å². The largest absolute Gasteiger partial charge is 0.392 e. The van der Waals surface area contributed by atoms with Crippen molar-refractivity contribution in [1.29, 1.82) is 0 Å². The highest BCUT2D eigenvalue weighted by Gasteiger charge is 2.32. The van der Waals surface area contributed by atoms with Gasteiger partial charge >= 0.3 is 0 Å². The third-order valence-corrected chi connectivity index (χ3v) is 9.10. The van der Waals surface area contributed by atoms with E-state index in [0.717, 1.165) is 44.3 Å². The zero-order chi connectivity index (χ0) is 32.3. The number of rotatable bonds is 14. The third kappa shape index (κ3) is 9.27. The Balaban J connectivity index is 1.22. The van der Waals surface area contributed by atoms with Crippen molar-refractivity contribution in [2.45, 2.75) is 68.9 Å². The van der Waals surface area contributed by atoms with E-state index in [1.54, 1.807) is 23.4 Å². The Morgan fingerprint density at radius 3 is 2.37 bits per heavy atom. The van der Waals surface area contributed by atoms with Crippen LogP contribution in [0.25, 0.3) is 11.1 Å². The Hall–Kier alpha value is -4.00. The number of ether oxygens (including phenoxy) is 2. The van der Waals surface area contributed by atoms with Crippen molar-refractivity contribution >= 4 is 23.6 Å². The number of carbonyl (C=O) groups excluding carboxylic acids is 2. The Labute approximate surface area is 273 Å². The lowest BCUT2D eigenvalue weighted by molar-refractivity contribution is -0.245. The lowest BCUT2D eigenvalue weighted by Gasteiger charge is -2.36. The van der Waals surface area contributed by atoms with E-state index in [-0.39, 0.29) is 31.1 Å². The van der Waals surface area contributed by atoms with Gasteiger partial charge in [0.1, 0.15) is 0 Å². The molecule has 0 bridgehead atoms. The molecule has 2 amide bonds. The topological polar surface area (TPSA) is 135 Å². The van der Waals surface area contributed by atoms with Crippen LogP contribution in [0.2, 0.25) is 0 Å². The van der Waals surface area contributed by atoms with Gasteiger partial charge in [-0.3, -0.25) is 14.8 Å². The number of thioether (sulfide) groups is 1. The predicted molar refractivity (Wildman–Crippen MR) is 174 cm³/mol. The standard InChI is InChI=1S/C35H40N4O6S/c1-39-18-17-36-35(39)46-23-30-20-31(27-11-9-24(22-40)10-12-27)45-34(44-30)28-15-13-26(14-16-28)29-6-4-5-25(19-29)21-37-32(41)7-2-3-8-33(42)38-43/h4-6,9-19,30-31,34,40,43H,2-3,7-8,20-23H2,1H3,(H,37,41)(H,38,42)/t30-,31+,34+/m0/s1. The second-order valence-electron chi connectivity index (χ2n) is 11.3. The summed E-state index contributed by atoms with van der Waals surface area (Å²) in [6.45, 7) is 0.406. The number of unbranched alkanes of at least 4 members (excludes halogenated alkanes) is 1. The number of carbonyl (C=O) groups is 2. The second-order valence-corrected chi connectivity index (χ2v) is 12.3. The maximum atomic E-state index is 12.3. The fraction of sp³-hybridized carbons (Fsp3) is 0.343. The predicted octanol–water partition coefficient (Wildman–Crippen LogP) is 5.60. The number of aromatic nitrogens is 2. The third-order valence-electron chi connectivity index (χ3n) is 7.91. The van der Waals surface area contributed by atoms with Gasteiger partial charge in [-0.15, -0.1) is 0 Å². The van der Waals surface area contributed by atoms with Crippen molar-refractivity contribution in [3.05, 3.63) is 107 Å². The molecule has 1 fully saturated rings.